The van der Waals surface area contributed by atoms with Gasteiger partial charge in [-0.05, 0) is 89.4 Å². The van der Waals surface area contributed by atoms with Gasteiger partial charge in [0.05, 0.1) is 37.9 Å². The number of carbonyl (C=O) groups excluding carboxylic acids is 2. The van der Waals surface area contributed by atoms with Gasteiger partial charge in [-0.1, -0.05) is 114 Å². The topological polar surface area (TPSA) is 89.5 Å². The SMILES string of the molecule is CC(=O)O[C@H]1CC[C@@]2(C)[C@@H](CC[C@H]3C4=C[C@@H]5O[C@]6(CC[C@@H](C)CO6)[C@@H](C)[C@@H]5[C@@]4(COCCO[Si](c4ccccc4)(c4ccccc4)C(C)(C)C)[C@@H](OC(C)=O)C[C@@H]32)C1. The van der Waals surface area contributed by atoms with E-state index in [1.54, 1.807) is 6.92 Å². The van der Waals surface area contributed by atoms with Crippen LogP contribution in [0.1, 0.15) is 107 Å². The Balaban J connectivity index is 1.11. The highest BCUT2D eigenvalue weighted by Gasteiger charge is 2.71. The largest absolute Gasteiger partial charge is 0.463 e. The zero-order valence-corrected chi connectivity index (χ0v) is 37.3. The molecular formula is C49H68O8Si. The number of carbonyl (C=O) groups is 2. The summed E-state index contributed by atoms with van der Waals surface area (Å²) in [5.74, 6) is 0.645. The minimum absolute atomic E-state index is 0.0211. The molecule has 2 saturated heterocycles. The van der Waals surface area contributed by atoms with Crippen LogP contribution in [0, 0.1) is 46.3 Å². The Hall–Kier alpha value is -2.82. The minimum atomic E-state index is -2.75. The van der Waals surface area contributed by atoms with Gasteiger partial charge in [0.1, 0.15) is 12.2 Å². The molecule has 0 aromatic heterocycles. The molecule has 8 nitrogen and oxygen atoms in total. The van der Waals surface area contributed by atoms with Crippen LogP contribution in [0.5, 0.6) is 0 Å². The molecule has 316 valence electrons. The molecule has 2 aromatic carbocycles. The molecule has 0 bridgehead atoms. The monoisotopic (exact) mass is 812 g/mol. The van der Waals surface area contributed by atoms with Crippen LogP contribution in [0.25, 0.3) is 0 Å². The number of rotatable bonds is 10. The second-order valence-corrected chi connectivity index (χ2v) is 24.5. The molecule has 4 aliphatic carbocycles. The highest BCUT2D eigenvalue weighted by Crippen LogP contribution is 2.70. The molecule has 2 aliphatic heterocycles. The second kappa shape index (κ2) is 15.9. The van der Waals surface area contributed by atoms with Crippen molar-refractivity contribution in [3.63, 3.8) is 0 Å². The van der Waals surface area contributed by atoms with Crippen molar-refractivity contribution in [1.29, 1.82) is 0 Å². The van der Waals surface area contributed by atoms with Gasteiger partial charge in [0, 0.05) is 32.1 Å². The van der Waals surface area contributed by atoms with Crippen LogP contribution in [0.3, 0.4) is 0 Å². The third-order valence-electron chi connectivity index (χ3n) is 16.0. The first-order chi connectivity index (χ1) is 27.6. The second-order valence-electron chi connectivity index (χ2n) is 20.2. The maximum atomic E-state index is 13.3. The Morgan fingerprint density at radius 2 is 1.52 bits per heavy atom. The molecule has 0 amide bonds. The van der Waals surface area contributed by atoms with Gasteiger partial charge < -0.3 is 28.1 Å². The first-order valence-electron chi connectivity index (χ1n) is 22.4. The van der Waals surface area contributed by atoms with Crippen molar-refractivity contribution in [2.75, 3.05) is 26.4 Å². The predicted molar refractivity (Wildman–Crippen MR) is 227 cm³/mol. The van der Waals surface area contributed by atoms with Crippen LogP contribution in [0.2, 0.25) is 5.04 Å². The molecule has 3 saturated carbocycles. The van der Waals surface area contributed by atoms with E-state index < -0.39 is 19.5 Å². The fourth-order valence-electron chi connectivity index (χ4n) is 13.4. The molecular weight excluding hydrogens is 745 g/mol. The van der Waals surface area contributed by atoms with Crippen molar-refractivity contribution < 1.29 is 37.7 Å². The zero-order chi connectivity index (χ0) is 41.1. The maximum absolute atomic E-state index is 13.3. The van der Waals surface area contributed by atoms with Crippen molar-refractivity contribution in [3.8, 4) is 0 Å². The maximum Gasteiger partial charge on any atom is 0.302 e. The highest BCUT2D eigenvalue weighted by atomic mass is 28.4. The van der Waals surface area contributed by atoms with Gasteiger partial charge in [0.2, 0.25) is 0 Å². The van der Waals surface area contributed by atoms with E-state index in [2.05, 4.69) is 108 Å². The Kier molecular flexibility index (Phi) is 11.5. The van der Waals surface area contributed by atoms with Crippen molar-refractivity contribution in [2.45, 2.75) is 136 Å². The van der Waals surface area contributed by atoms with Crippen LogP contribution in [0.15, 0.2) is 72.3 Å². The smallest absolute Gasteiger partial charge is 0.302 e. The quantitative estimate of drug-likeness (QED) is 0.102. The summed E-state index contributed by atoms with van der Waals surface area (Å²) in [4.78, 5) is 25.2. The van der Waals surface area contributed by atoms with Gasteiger partial charge in [-0.15, -0.1) is 0 Å². The number of hydrogen-bond acceptors (Lipinski definition) is 8. The Morgan fingerprint density at radius 1 is 0.845 bits per heavy atom. The predicted octanol–water partition coefficient (Wildman–Crippen LogP) is 8.40. The number of benzene rings is 2. The summed E-state index contributed by atoms with van der Waals surface area (Å²) in [5, 5.41) is 2.36. The summed E-state index contributed by atoms with van der Waals surface area (Å²) in [6.07, 6.45) is 9.55. The summed E-state index contributed by atoms with van der Waals surface area (Å²) in [5.41, 5.74) is 0.872. The van der Waals surface area contributed by atoms with E-state index in [0.717, 1.165) is 51.4 Å². The van der Waals surface area contributed by atoms with Gasteiger partial charge in [-0.3, -0.25) is 9.59 Å². The minimum Gasteiger partial charge on any atom is -0.463 e. The van der Waals surface area contributed by atoms with E-state index in [-0.39, 0.29) is 52.5 Å². The molecule has 9 heteroatoms. The third kappa shape index (κ3) is 6.96. The lowest BCUT2D eigenvalue weighted by Crippen LogP contribution is -2.66. The molecule has 0 unspecified atom stereocenters. The van der Waals surface area contributed by atoms with Crippen LogP contribution in [0.4, 0.5) is 0 Å². The standard InChI is InChI=1S/C49H68O8Si/c1-32-21-24-49(53-30-32)33(2)45-43(57-49)28-42-40-20-19-36-27-37(55-34(3)50)22-23-47(36,8)41(40)29-44(56-35(4)51)48(42,45)31-52-25-26-54-58(46(5,6)7,38-15-11-9-12-16-38)39-17-13-10-14-18-39/h9-18,28,32-33,36-37,40-41,43-45H,19-27,29-31H2,1-8H3/t32-,33+,36+,37+,40-,41+,43+,44+,45+,47+,48-,49-/m1/s1. The fraction of sp³-hybridized carbons (Fsp3) is 0.673. The lowest BCUT2D eigenvalue weighted by Gasteiger charge is -2.61. The summed E-state index contributed by atoms with van der Waals surface area (Å²) in [7, 11) is -2.75. The number of esters is 2. The Bertz CT molecular complexity index is 1780. The van der Waals surface area contributed by atoms with E-state index in [0.29, 0.717) is 50.1 Å². The zero-order valence-electron chi connectivity index (χ0n) is 36.3. The van der Waals surface area contributed by atoms with E-state index in [4.69, 9.17) is 28.1 Å². The number of fused-ring (bicyclic) bond motifs is 7. The highest BCUT2D eigenvalue weighted by molar-refractivity contribution is 6.99. The number of hydrogen-bond donors (Lipinski definition) is 0. The van der Waals surface area contributed by atoms with E-state index in [1.165, 1.54) is 22.9 Å². The van der Waals surface area contributed by atoms with Gasteiger partial charge >= 0.3 is 11.9 Å². The van der Waals surface area contributed by atoms with Gasteiger partial charge in [0.25, 0.3) is 8.32 Å². The van der Waals surface area contributed by atoms with Crippen LogP contribution >= 0.6 is 0 Å². The van der Waals surface area contributed by atoms with Gasteiger partial charge in [-0.25, -0.2) is 0 Å². The van der Waals surface area contributed by atoms with Gasteiger partial charge in [0.15, 0.2) is 5.79 Å². The Labute approximate surface area is 348 Å². The molecule has 0 N–H and O–H groups in total. The normalized spacial score (nSPS) is 38.2. The molecule has 8 rings (SSSR count). The molecule has 6 aliphatic rings. The van der Waals surface area contributed by atoms with E-state index >= 15 is 0 Å². The molecule has 1 spiro atoms. The lowest BCUT2D eigenvalue weighted by atomic mass is 9.44. The third-order valence-corrected chi connectivity index (χ3v) is 21.1. The summed E-state index contributed by atoms with van der Waals surface area (Å²) in [6, 6.07) is 21.5. The van der Waals surface area contributed by atoms with Gasteiger partial charge in [-0.2, -0.15) is 0 Å². The molecule has 0 radical (unpaired) electrons. The average Bonchev–Trinajstić information content (AvgIpc) is 3.65. The molecule has 58 heavy (non-hydrogen) atoms. The molecule has 2 aromatic rings. The Morgan fingerprint density at radius 3 is 2.12 bits per heavy atom. The summed E-state index contributed by atoms with van der Waals surface area (Å²) in [6.45, 7) is 19.0. The molecule has 2 heterocycles. The van der Waals surface area contributed by atoms with Crippen molar-refractivity contribution in [3.05, 3.63) is 72.3 Å². The molecule has 5 fully saturated rings. The van der Waals surface area contributed by atoms with E-state index in [1.807, 2.05) is 0 Å². The molecule has 12 atom stereocenters. The average molecular weight is 813 g/mol. The van der Waals surface area contributed by atoms with Crippen molar-refractivity contribution in [1.82, 2.24) is 0 Å². The lowest BCUT2D eigenvalue weighted by molar-refractivity contribution is -0.265. The van der Waals surface area contributed by atoms with Crippen molar-refractivity contribution >= 4 is 30.6 Å². The number of ether oxygens (including phenoxy) is 5. The van der Waals surface area contributed by atoms with Crippen molar-refractivity contribution in [2.24, 2.45) is 46.3 Å². The first-order valence-corrected chi connectivity index (χ1v) is 24.3. The van der Waals surface area contributed by atoms with Crippen LogP contribution < -0.4 is 10.4 Å². The van der Waals surface area contributed by atoms with Crippen LogP contribution in [-0.2, 0) is 37.7 Å². The van der Waals surface area contributed by atoms with E-state index in [9.17, 15) is 9.59 Å². The first kappa shape index (κ1) is 41.9. The summed E-state index contributed by atoms with van der Waals surface area (Å²) < 4.78 is 40.6. The fourth-order valence-corrected chi connectivity index (χ4v) is 18.0. The van der Waals surface area contributed by atoms with Crippen LogP contribution in [-0.4, -0.2) is 70.8 Å². The summed E-state index contributed by atoms with van der Waals surface area (Å²) >= 11 is 0.